The average Bonchev–Trinajstić information content (AvgIpc) is 2.83. The van der Waals surface area contributed by atoms with E-state index < -0.39 is 5.76 Å². The number of carbonyl (C=O) groups is 1. The van der Waals surface area contributed by atoms with Crippen molar-refractivity contribution in [2.45, 2.75) is 44.7 Å². The van der Waals surface area contributed by atoms with Gasteiger partial charge in [-0.05, 0) is 43.7 Å². The first kappa shape index (κ1) is 12.8. The average molecular weight is 305 g/mol. The van der Waals surface area contributed by atoms with Crippen LogP contribution in [-0.2, 0) is 24.2 Å². The number of thiophene rings is 1. The van der Waals surface area contributed by atoms with Crippen LogP contribution in [0.1, 0.15) is 29.7 Å². The molecule has 0 spiro atoms. The fourth-order valence-corrected chi connectivity index (χ4v) is 3.75. The fourth-order valence-electron chi connectivity index (χ4n) is 2.58. The molecule has 4 rings (SSSR count). The lowest BCUT2D eigenvalue weighted by atomic mass is 10.2. The summed E-state index contributed by atoms with van der Waals surface area (Å²) in [6.07, 6.45) is 5.41. The van der Waals surface area contributed by atoms with E-state index in [0.717, 1.165) is 35.2 Å². The van der Waals surface area contributed by atoms with Gasteiger partial charge in [-0.15, -0.1) is 16.4 Å². The molecule has 2 heterocycles. The molecule has 7 heteroatoms. The highest BCUT2D eigenvalue weighted by atomic mass is 32.1. The van der Waals surface area contributed by atoms with Crippen LogP contribution in [0.4, 0.5) is 0 Å². The Balaban J connectivity index is 1.55. The first-order chi connectivity index (χ1) is 10.2. The summed E-state index contributed by atoms with van der Waals surface area (Å²) >= 11 is 1.63. The van der Waals surface area contributed by atoms with Crippen molar-refractivity contribution < 1.29 is 9.21 Å². The van der Waals surface area contributed by atoms with E-state index in [1.165, 1.54) is 16.9 Å². The molecule has 2 aliphatic rings. The van der Waals surface area contributed by atoms with E-state index in [1.54, 1.807) is 11.3 Å². The Labute approximate surface area is 124 Å². The van der Waals surface area contributed by atoms with Crippen LogP contribution < -0.4 is 11.1 Å². The number of carbonyl (C=O) groups excluding carboxylic acids is 1. The number of nitrogens with zero attached hydrogens (tertiary/aromatic N) is 2. The minimum Gasteiger partial charge on any atom is -0.387 e. The highest BCUT2D eigenvalue weighted by Crippen LogP contribution is 2.35. The van der Waals surface area contributed by atoms with Crippen molar-refractivity contribution in [1.29, 1.82) is 0 Å². The summed E-state index contributed by atoms with van der Waals surface area (Å²) in [6, 6.07) is 2.33. The quantitative estimate of drug-likeness (QED) is 0.924. The van der Waals surface area contributed by atoms with Gasteiger partial charge >= 0.3 is 5.76 Å². The zero-order chi connectivity index (χ0) is 14.4. The molecule has 0 atom stereocenters. The molecule has 1 amide bonds. The summed E-state index contributed by atoms with van der Waals surface area (Å²) in [5.41, 5.74) is 1.33. The number of hydrogen-bond donors (Lipinski definition) is 1. The van der Waals surface area contributed by atoms with Crippen molar-refractivity contribution in [3.05, 3.63) is 27.1 Å². The number of amides is 1. The number of fused-ring (bicyclic) bond motifs is 1. The van der Waals surface area contributed by atoms with Crippen molar-refractivity contribution in [2.75, 3.05) is 0 Å². The van der Waals surface area contributed by atoms with Gasteiger partial charge in [0.1, 0.15) is 6.54 Å². The lowest BCUT2D eigenvalue weighted by Crippen LogP contribution is -2.32. The van der Waals surface area contributed by atoms with Gasteiger partial charge in [-0.25, -0.2) is 4.79 Å². The Bertz CT molecular complexity index is 732. The molecule has 2 aliphatic carbocycles. The Kier molecular flexibility index (Phi) is 2.95. The Morgan fingerprint density at radius 1 is 1.48 bits per heavy atom. The normalized spacial score (nSPS) is 17.0. The predicted molar refractivity (Wildman–Crippen MR) is 77.3 cm³/mol. The van der Waals surface area contributed by atoms with Crippen LogP contribution in [0.15, 0.2) is 15.3 Å². The van der Waals surface area contributed by atoms with Crippen LogP contribution in [-0.4, -0.2) is 21.7 Å². The summed E-state index contributed by atoms with van der Waals surface area (Å²) in [5.74, 6) is -0.448. The second-order valence-corrected chi connectivity index (χ2v) is 6.72. The third-order valence-electron chi connectivity index (χ3n) is 3.80. The Hall–Kier alpha value is -1.89. The molecule has 110 valence electrons. The van der Waals surface area contributed by atoms with Crippen molar-refractivity contribution in [3.8, 4) is 10.8 Å². The van der Waals surface area contributed by atoms with Crippen LogP contribution in [0.2, 0.25) is 0 Å². The number of aryl methyl sites for hydroxylation is 2. The van der Waals surface area contributed by atoms with Crippen molar-refractivity contribution in [2.24, 2.45) is 0 Å². The van der Waals surface area contributed by atoms with Gasteiger partial charge in [-0.2, -0.15) is 4.68 Å². The zero-order valence-corrected chi connectivity index (χ0v) is 12.2. The van der Waals surface area contributed by atoms with E-state index >= 15 is 0 Å². The third-order valence-corrected chi connectivity index (χ3v) is 5.02. The number of hydrogen-bond acceptors (Lipinski definition) is 5. The van der Waals surface area contributed by atoms with Gasteiger partial charge in [0.2, 0.25) is 5.91 Å². The number of rotatable bonds is 4. The van der Waals surface area contributed by atoms with E-state index in [1.807, 2.05) is 6.07 Å². The van der Waals surface area contributed by atoms with Gasteiger partial charge in [-0.3, -0.25) is 4.79 Å². The van der Waals surface area contributed by atoms with Crippen LogP contribution in [0.5, 0.6) is 0 Å². The Morgan fingerprint density at radius 3 is 3.10 bits per heavy atom. The van der Waals surface area contributed by atoms with Crippen LogP contribution in [0, 0.1) is 0 Å². The second-order valence-electron chi connectivity index (χ2n) is 5.59. The largest absolute Gasteiger partial charge is 0.437 e. The molecule has 0 radical (unpaired) electrons. The molecule has 0 unspecified atom stereocenters. The highest BCUT2D eigenvalue weighted by molar-refractivity contribution is 7.15. The summed E-state index contributed by atoms with van der Waals surface area (Å²) in [7, 11) is 0. The van der Waals surface area contributed by atoms with E-state index in [2.05, 4.69) is 10.4 Å². The topological polar surface area (TPSA) is 77.1 Å². The lowest BCUT2D eigenvalue weighted by molar-refractivity contribution is -0.122. The molecule has 1 saturated carbocycles. The molecule has 0 saturated heterocycles. The van der Waals surface area contributed by atoms with Crippen molar-refractivity contribution >= 4 is 17.2 Å². The van der Waals surface area contributed by atoms with Gasteiger partial charge in [0, 0.05) is 10.9 Å². The van der Waals surface area contributed by atoms with E-state index in [9.17, 15) is 9.59 Å². The van der Waals surface area contributed by atoms with Gasteiger partial charge in [0.15, 0.2) is 0 Å². The summed E-state index contributed by atoms with van der Waals surface area (Å²) in [6.45, 7) is -0.0794. The van der Waals surface area contributed by atoms with E-state index in [-0.39, 0.29) is 18.5 Å². The number of aromatic nitrogens is 2. The molecule has 1 fully saturated rings. The van der Waals surface area contributed by atoms with Gasteiger partial charge in [-0.1, -0.05) is 0 Å². The van der Waals surface area contributed by atoms with Crippen molar-refractivity contribution in [1.82, 2.24) is 15.1 Å². The fraction of sp³-hybridized carbons (Fsp3) is 0.500. The SMILES string of the molecule is O=C(Cn1nc(-c2cc3c(s2)CCC3)oc1=O)NC1CC1. The maximum atomic E-state index is 11.8. The molecule has 0 aromatic carbocycles. The van der Waals surface area contributed by atoms with Crippen molar-refractivity contribution in [3.63, 3.8) is 0 Å². The third kappa shape index (κ3) is 2.53. The monoisotopic (exact) mass is 305 g/mol. The van der Waals surface area contributed by atoms with Gasteiger partial charge in [0.25, 0.3) is 5.89 Å². The molecule has 6 nitrogen and oxygen atoms in total. The van der Waals surface area contributed by atoms with Crippen LogP contribution in [0.3, 0.4) is 0 Å². The van der Waals surface area contributed by atoms with Gasteiger partial charge < -0.3 is 9.73 Å². The minimum atomic E-state index is -0.579. The standard InChI is InChI=1S/C14H15N3O3S/c18-12(15-9-4-5-9)7-17-14(19)20-13(16-17)11-6-8-2-1-3-10(8)21-11/h6,9H,1-5,7H2,(H,15,18). The molecule has 1 N–H and O–H groups in total. The number of nitrogens with one attached hydrogen (secondary N) is 1. The van der Waals surface area contributed by atoms with E-state index in [4.69, 9.17) is 4.42 Å². The Morgan fingerprint density at radius 2 is 2.33 bits per heavy atom. The molecule has 21 heavy (non-hydrogen) atoms. The molecular weight excluding hydrogens is 290 g/mol. The van der Waals surface area contributed by atoms with E-state index in [0.29, 0.717) is 5.89 Å². The zero-order valence-electron chi connectivity index (χ0n) is 11.4. The molecule has 0 aliphatic heterocycles. The smallest absolute Gasteiger partial charge is 0.387 e. The van der Waals surface area contributed by atoms with Gasteiger partial charge in [0.05, 0.1) is 4.88 Å². The predicted octanol–water partition coefficient (Wildman–Crippen LogP) is 1.33. The maximum absolute atomic E-state index is 11.8. The highest BCUT2D eigenvalue weighted by Gasteiger charge is 2.24. The maximum Gasteiger partial charge on any atom is 0.437 e. The first-order valence-electron chi connectivity index (χ1n) is 7.18. The molecule has 0 bridgehead atoms. The summed E-state index contributed by atoms with van der Waals surface area (Å²) in [4.78, 5) is 25.7. The van der Waals surface area contributed by atoms with Crippen LogP contribution in [0.25, 0.3) is 10.8 Å². The first-order valence-corrected chi connectivity index (χ1v) is 8.00. The molecule has 2 aromatic rings. The minimum absolute atomic E-state index is 0.0794. The lowest BCUT2D eigenvalue weighted by Gasteiger charge is -2.00. The molecule has 2 aromatic heterocycles. The van der Waals surface area contributed by atoms with Crippen LogP contribution >= 0.6 is 11.3 Å². The summed E-state index contributed by atoms with van der Waals surface area (Å²) < 4.78 is 6.28. The second kappa shape index (κ2) is 4.84. The summed E-state index contributed by atoms with van der Waals surface area (Å²) in [5, 5.41) is 6.98. The molecular formula is C14H15N3O3S.